The molecular weight excluding hydrogens is 328 g/mol. The molecule has 3 N–H and O–H groups in total. The van der Waals surface area contributed by atoms with E-state index in [1.54, 1.807) is 12.1 Å². The Balaban J connectivity index is 1.55. The van der Waals surface area contributed by atoms with E-state index in [4.69, 9.17) is 22.1 Å². The predicted octanol–water partition coefficient (Wildman–Crippen LogP) is 3.08. The SMILES string of the molecule is Nc1ncnc2c1ccn2C1CCC(C(O)c2ccc(Cl)cc2)O1. The first-order chi connectivity index (χ1) is 11.6. The average molecular weight is 345 g/mol. The second-order valence-electron chi connectivity index (χ2n) is 5.92. The summed E-state index contributed by atoms with van der Waals surface area (Å²) in [6.45, 7) is 0. The van der Waals surface area contributed by atoms with Crippen molar-refractivity contribution >= 4 is 28.5 Å². The number of nitrogens with two attached hydrogens (primary N) is 1. The number of hydrogen-bond acceptors (Lipinski definition) is 5. The molecule has 4 rings (SSSR count). The van der Waals surface area contributed by atoms with E-state index in [1.165, 1.54) is 6.33 Å². The van der Waals surface area contributed by atoms with E-state index in [0.717, 1.165) is 29.4 Å². The van der Waals surface area contributed by atoms with Gasteiger partial charge in [-0.15, -0.1) is 0 Å². The fourth-order valence-corrected chi connectivity index (χ4v) is 3.31. The van der Waals surface area contributed by atoms with Gasteiger partial charge < -0.3 is 20.1 Å². The Morgan fingerprint density at radius 1 is 1.21 bits per heavy atom. The van der Waals surface area contributed by atoms with Gasteiger partial charge in [0.25, 0.3) is 0 Å². The quantitative estimate of drug-likeness (QED) is 0.762. The van der Waals surface area contributed by atoms with E-state index in [0.29, 0.717) is 10.8 Å². The normalized spacial score (nSPS) is 22.1. The third kappa shape index (κ3) is 2.62. The molecule has 0 aliphatic carbocycles. The fraction of sp³-hybridized carbons (Fsp3) is 0.294. The van der Waals surface area contributed by atoms with Crippen LogP contribution in [0.2, 0.25) is 5.02 Å². The summed E-state index contributed by atoms with van der Waals surface area (Å²) in [7, 11) is 0. The molecule has 1 aliphatic heterocycles. The molecular formula is C17H17ClN4O2. The van der Waals surface area contributed by atoms with Gasteiger partial charge in [-0.05, 0) is 36.6 Å². The number of aliphatic hydroxyl groups excluding tert-OH is 1. The van der Waals surface area contributed by atoms with Crippen molar-refractivity contribution in [2.24, 2.45) is 0 Å². The molecule has 1 aliphatic rings. The van der Waals surface area contributed by atoms with Gasteiger partial charge >= 0.3 is 0 Å². The molecule has 0 radical (unpaired) electrons. The molecule has 0 saturated carbocycles. The number of rotatable bonds is 3. The zero-order chi connectivity index (χ0) is 16.7. The van der Waals surface area contributed by atoms with Gasteiger partial charge in [-0.25, -0.2) is 9.97 Å². The average Bonchev–Trinajstić information content (AvgIpc) is 3.22. The van der Waals surface area contributed by atoms with Crippen LogP contribution < -0.4 is 5.73 Å². The van der Waals surface area contributed by atoms with E-state index in [-0.39, 0.29) is 12.3 Å². The highest BCUT2D eigenvalue weighted by atomic mass is 35.5. The standard InChI is InChI=1S/C17H17ClN4O2/c18-11-3-1-10(2-4-11)15(23)13-5-6-14(24-13)22-8-7-12-16(19)20-9-21-17(12)22/h1-4,7-9,13-15,23H,5-6H2,(H2,19,20,21). The number of fused-ring (bicyclic) bond motifs is 1. The van der Waals surface area contributed by atoms with Crippen molar-refractivity contribution in [2.75, 3.05) is 5.73 Å². The number of nitrogens with zero attached hydrogens (tertiary/aromatic N) is 3. The first-order valence-electron chi connectivity index (χ1n) is 7.79. The highest BCUT2D eigenvalue weighted by molar-refractivity contribution is 6.30. The Kier molecular flexibility index (Phi) is 3.88. The van der Waals surface area contributed by atoms with Gasteiger partial charge in [0, 0.05) is 11.2 Å². The lowest BCUT2D eigenvalue weighted by atomic mass is 10.0. The van der Waals surface area contributed by atoms with Crippen molar-refractivity contribution in [3.8, 4) is 0 Å². The van der Waals surface area contributed by atoms with E-state index in [2.05, 4.69) is 9.97 Å². The molecule has 7 heteroatoms. The maximum atomic E-state index is 10.6. The van der Waals surface area contributed by atoms with Crippen LogP contribution in [0.3, 0.4) is 0 Å². The lowest BCUT2D eigenvalue weighted by Gasteiger charge is -2.20. The predicted molar refractivity (Wildman–Crippen MR) is 91.5 cm³/mol. The summed E-state index contributed by atoms with van der Waals surface area (Å²) < 4.78 is 8.03. The summed E-state index contributed by atoms with van der Waals surface area (Å²) >= 11 is 5.90. The molecule has 3 atom stereocenters. The Bertz CT molecular complexity index is 865. The first kappa shape index (κ1) is 15.4. The Morgan fingerprint density at radius 2 is 2.00 bits per heavy atom. The van der Waals surface area contributed by atoms with Crippen molar-refractivity contribution in [1.29, 1.82) is 0 Å². The monoisotopic (exact) mass is 344 g/mol. The highest BCUT2D eigenvalue weighted by Crippen LogP contribution is 2.37. The molecule has 3 aromatic rings. The number of hydrogen-bond donors (Lipinski definition) is 2. The van der Waals surface area contributed by atoms with Crippen LogP contribution >= 0.6 is 11.6 Å². The summed E-state index contributed by atoms with van der Waals surface area (Å²) in [5.41, 5.74) is 7.42. The third-order valence-corrected chi connectivity index (χ3v) is 4.70. The molecule has 1 fully saturated rings. The maximum absolute atomic E-state index is 10.6. The molecule has 124 valence electrons. The Labute approximate surface area is 143 Å². The minimum absolute atomic E-state index is 0.177. The number of aromatic nitrogens is 3. The highest BCUT2D eigenvalue weighted by Gasteiger charge is 2.33. The second kappa shape index (κ2) is 6.05. The van der Waals surface area contributed by atoms with Gasteiger partial charge in [0.15, 0.2) is 0 Å². The minimum Gasteiger partial charge on any atom is -0.386 e. The van der Waals surface area contributed by atoms with Crippen LogP contribution in [0.25, 0.3) is 11.0 Å². The van der Waals surface area contributed by atoms with Crippen molar-refractivity contribution in [3.63, 3.8) is 0 Å². The third-order valence-electron chi connectivity index (χ3n) is 4.44. The van der Waals surface area contributed by atoms with Gasteiger partial charge in [0.1, 0.15) is 30.1 Å². The zero-order valence-corrected chi connectivity index (χ0v) is 13.6. The van der Waals surface area contributed by atoms with Crippen molar-refractivity contribution in [2.45, 2.75) is 31.3 Å². The van der Waals surface area contributed by atoms with Gasteiger partial charge in [-0.2, -0.15) is 0 Å². The number of benzene rings is 1. The number of aliphatic hydroxyl groups is 1. The summed E-state index contributed by atoms with van der Waals surface area (Å²) in [6, 6.07) is 9.07. The largest absolute Gasteiger partial charge is 0.386 e. The molecule has 6 nitrogen and oxygen atoms in total. The van der Waals surface area contributed by atoms with Crippen molar-refractivity contribution < 1.29 is 9.84 Å². The topological polar surface area (TPSA) is 86.2 Å². The van der Waals surface area contributed by atoms with E-state index >= 15 is 0 Å². The van der Waals surface area contributed by atoms with E-state index in [1.807, 2.05) is 29.0 Å². The van der Waals surface area contributed by atoms with Crippen LogP contribution in [-0.4, -0.2) is 25.7 Å². The number of anilines is 1. The molecule has 24 heavy (non-hydrogen) atoms. The Hall–Kier alpha value is -2.15. The van der Waals surface area contributed by atoms with Crippen LogP contribution in [-0.2, 0) is 4.74 Å². The zero-order valence-electron chi connectivity index (χ0n) is 12.8. The van der Waals surface area contributed by atoms with Crippen LogP contribution in [0, 0.1) is 0 Å². The second-order valence-corrected chi connectivity index (χ2v) is 6.36. The molecule has 1 aromatic carbocycles. The molecule has 3 heterocycles. The van der Waals surface area contributed by atoms with Crippen LogP contribution in [0.1, 0.15) is 30.7 Å². The van der Waals surface area contributed by atoms with Crippen LogP contribution in [0.5, 0.6) is 0 Å². The van der Waals surface area contributed by atoms with Crippen molar-refractivity contribution in [3.05, 3.63) is 53.4 Å². The Morgan fingerprint density at radius 3 is 2.79 bits per heavy atom. The lowest BCUT2D eigenvalue weighted by molar-refractivity contribution is -0.0590. The van der Waals surface area contributed by atoms with Crippen molar-refractivity contribution in [1.82, 2.24) is 14.5 Å². The van der Waals surface area contributed by atoms with Gasteiger partial charge in [-0.1, -0.05) is 23.7 Å². The lowest BCUT2D eigenvalue weighted by Crippen LogP contribution is -2.19. The first-order valence-corrected chi connectivity index (χ1v) is 8.17. The summed E-state index contributed by atoms with van der Waals surface area (Å²) in [6.07, 6.45) is 3.77. The molecule has 0 amide bonds. The number of ether oxygens (including phenoxy) is 1. The van der Waals surface area contributed by atoms with E-state index < -0.39 is 6.10 Å². The smallest absolute Gasteiger partial charge is 0.147 e. The fourth-order valence-electron chi connectivity index (χ4n) is 3.18. The van der Waals surface area contributed by atoms with Crippen LogP contribution in [0.4, 0.5) is 5.82 Å². The number of nitrogen functional groups attached to an aromatic ring is 1. The van der Waals surface area contributed by atoms with Crippen LogP contribution in [0.15, 0.2) is 42.9 Å². The van der Waals surface area contributed by atoms with Gasteiger partial charge in [0.05, 0.1) is 11.5 Å². The van der Waals surface area contributed by atoms with Gasteiger partial charge in [0.2, 0.25) is 0 Å². The molecule has 3 unspecified atom stereocenters. The van der Waals surface area contributed by atoms with Gasteiger partial charge in [-0.3, -0.25) is 0 Å². The summed E-state index contributed by atoms with van der Waals surface area (Å²) in [5, 5.41) is 12.0. The maximum Gasteiger partial charge on any atom is 0.147 e. The molecule has 2 aromatic heterocycles. The summed E-state index contributed by atoms with van der Waals surface area (Å²) in [5.74, 6) is 0.453. The minimum atomic E-state index is -0.686. The van der Waals surface area contributed by atoms with E-state index in [9.17, 15) is 5.11 Å². The number of halogens is 1. The molecule has 0 spiro atoms. The molecule has 0 bridgehead atoms. The molecule has 1 saturated heterocycles. The summed E-state index contributed by atoms with van der Waals surface area (Å²) in [4.78, 5) is 8.30.